The van der Waals surface area contributed by atoms with Gasteiger partial charge in [-0.3, -0.25) is 0 Å². The smallest absolute Gasteiger partial charge is 0.159 e. The molecule has 0 saturated heterocycles. The zero-order valence-corrected chi connectivity index (χ0v) is 9.45. The fourth-order valence-corrected chi connectivity index (χ4v) is 1.65. The number of nitrogens with two attached hydrogens (primary N) is 1. The fraction of sp³-hybridized carbons (Fsp3) is 0.143. The van der Waals surface area contributed by atoms with Crippen LogP contribution >= 0.6 is 0 Å². The van der Waals surface area contributed by atoms with Gasteiger partial charge < -0.3 is 5.73 Å². The van der Waals surface area contributed by atoms with Crippen molar-refractivity contribution < 1.29 is 8.78 Å². The van der Waals surface area contributed by atoms with Crippen molar-refractivity contribution in [1.82, 2.24) is 0 Å². The van der Waals surface area contributed by atoms with Crippen LogP contribution in [0.5, 0.6) is 0 Å². The highest BCUT2D eigenvalue weighted by Gasteiger charge is 2.05. The van der Waals surface area contributed by atoms with E-state index in [1.165, 1.54) is 6.07 Å². The first-order valence-electron chi connectivity index (χ1n) is 5.39. The first-order valence-corrected chi connectivity index (χ1v) is 5.39. The van der Waals surface area contributed by atoms with Crippen molar-refractivity contribution in [2.45, 2.75) is 13.0 Å². The van der Waals surface area contributed by atoms with E-state index >= 15 is 0 Å². The summed E-state index contributed by atoms with van der Waals surface area (Å²) in [5.41, 5.74) is 8.24. The Labute approximate surface area is 98.9 Å². The van der Waals surface area contributed by atoms with Gasteiger partial charge in [-0.05, 0) is 35.7 Å². The maximum atomic E-state index is 13.1. The van der Waals surface area contributed by atoms with Gasteiger partial charge in [0.15, 0.2) is 11.6 Å². The summed E-state index contributed by atoms with van der Waals surface area (Å²) in [6, 6.07) is 11.3. The molecule has 0 aliphatic carbocycles. The molecule has 88 valence electrons. The van der Waals surface area contributed by atoms with E-state index in [-0.39, 0.29) is 6.04 Å². The Hall–Kier alpha value is -1.74. The second kappa shape index (κ2) is 4.63. The monoisotopic (exact) mass is 233 g/mol. The van der Waals surface area contributed by atoms with E-state index in [1.54, 1.807) is 6.07 Å². The summed E-state index contributed by atoms with van der Waals surface area (Å²) >= 11 is 0. The lowest BCUT2D eigenvalue weighted by Gasteiger charge is -2.07. The Morgan fingerprint density at radius 1 is 0.882 bits per heavy atom. The highest BCUT2D eigenvalue weighted by atomic mass is 19.2. The first kappa shape index (κ1) is 11.7. The molecule has 0 bridgehead atoms. The van der Waals surface area contributed by atoms with Gasteiger partial charge in [0.05, 0.1) is 0 Å². The zero-order valence-electron chi connectivity index (χ0n) is 9.45. The van der Waals surface area contributed by atoms with E-state index in [4.69, 9.17) is 5.73 Å². The van der Waals surface area contributed by atoms with E-state index in [9.17, 15) is 8.78 Å². The minimum absolute atomic E-state index is 0.0333. The molecule has 3 heteroatoms. The van der Waals surface area contributed by atoms with E-state index in [2.05, 4.69) is 0 Å². The largest absolute Gasteiger partial charge is 0.324 e. The number of benzene rings is 2. The number of hydrogen-bond donors (Lipinski definition) is 1. The molecular weight excluding hydrogens is 220 g/mol. The molecule has 0 amide bonds. The molecule has 0 spiro atoms. The summed E-state index contributed by atoms with van der Waals surface area (Å²) in [5.74, 6) is -1.67. The molecule has 2 aromatic rings. The van der Waals surface area contributed by atoms with Gasteiger partial charge in [-0.1, -0.05) is 30.3 Å². The van der Waals surface area contributed by atoms with E-state index in [0.29, 0.717) is 5.56 Å². The average molecular weight is 233 g/mol. The number of hydrogen-bond acceptors (Lipinski definition) is 1. The van der Waals surface area contributed by atoms with Gasteiger partial charge in [0.2, 0.25) is 0 Å². The predicted molar refractivity (Wildman–Crippen MR) is 64.4 cm³/mol. The van der Waals surface area contributed by atoms with Crippen molar-refractivity contribution >= 4 is 0 Å². The van der Waals surface area contributed by atoms with Gasteiger partial charge in [-0.2, -0.15) is 0 Å². The van der Waals surface area contributed by atoms with Crippen LogP contribution in [0.25, 0.3) is 11.1 Å². The van der Waals surface area contributed by atoms with Crippen LogP contribution in [0.4, 0.5) is 8.78 Å². The van der Waals surface area contributed by atoms with Gasteiger partial charge in [-0.25, -0.2) is 8.78 Å². The zero-order chi connectivity index (χ0) is 12.4. The normalized spacial score (nSPS) is 12.5. The molecule has 1 nitrogen and oxygen atoms in total. The maximum Gasteiger partial charge on any atom is 0.159 e. The van der Waals surface area contributed by atoms with Gasteiger partial charge >= 0.3 is 0 Å². The standard InChI is InChI=1S/C14H13F2N/c1-9(17)10-2-4-11(5-3-10)12-6-7-13(15)14(16)8-12/h2-9H,17H2,1H3. The molecule has 17 heavy (non-hydrogen) atoms. The van der Waals surface area contributed by atoms with Crippen molar-refractivity contribution in [1.29, 1.82) is 0 Å². The van der Waals surface area contributed by atoms with Crippen LogP contribution in [0, 0.1) is 11.6 Å². The SMILES string of the molecule is CC(N)c1ccc(-c2ccc(F)c(F)c2)cc1. The molecular formula is C14H13F2N. The van der Waals surface area contributed by atoms with Crippen LogP contribution in [0.15, 0.2) is 42.5 Å². The molecule has 0 aliphatic heterocycles. The summed E-state index contributed by atoms with van der Waals surface area (Å²) in [6.45, 7) is 1.90. The predicted octanol–water partition coefficient (Wildman–Crippen LogP) is 3.65. The Kier molecular flexibility index (Phi) is 3.20. The third kappa shape index (κ3) is 2.50. The minimum Gasteiger partial charge on any atom is -0.324 e. The van der Waals surface area contributed by atoms with Crippen molar-refractivity contribution in [2.75, 3.05) is 0 Å². The van der Waals surface area contributed by atoms with Crippen molar-refractivity contribution in [3.8, 4) is 11.1 Å². The summed E-state index contributed by atoms with van der Waals surface area (Å²) in [4.78, 5) is 0. The highest BCUT2D eigenvalue weighted by molar-refractivity contribution is 5.63. The number of halogens is 2. The lowest BCUT2D eigenvalue weighted by atomic mass is 10.0. The fourth-order valence-electron chi connectivity index (χ4n) is 1.65. The maximum absolute atomic E-state index is 13.1. The van der Waals surface area contributed by atoms with Gasteiger partial charge in [0.25, 0.3) is 0 Å². The molecule has 0 fully saturated rings. The van der Waals surface area contributed by atoms with Gasteiger partial charge in [0.1, 0.15) is 0 Å². The van der Waals surface area contributed by atoms with Crippen LogP contribution in [0.3, 0.4) is 0 Å². The molecule has 0 aliphatic rings. The van der Waals surface area contributed by atoms with Crippen LogP contribution in [-0.2, 0) is 0 Å². The molecule has 0 saturated carbocycles. The number of rotatable bonds is 2. The molecule has 0 aromatic heterocycles. The van der Waals surface area contributed by atoms with Crippen molar-refractivity contribution in [3.63, 3.8) is 0 Å². The third-order valence-corrected chi connectivity index (χ3v) is 2.69. The van der Waals surface area contributed by atoms with E-state index < -0.39 is 11.6 Å². The van der Waals surface area contributed by atoms with Crippen LogP contribution in [-0.4, -0.2) is 0 Å². The molecule has 1 unspecified atom stereocenters. The molecule has 0 radical (unpaired) electrons. The van der Waals surface area contributed by atoms with Gasteiger partial charge in [-0.15, -0.1) is 0 Å². The third-order valence-electron chi connectivity index (χ3n) is 2.69. The Balaban J connectivity index is 2.36. The van der Waals surface area contributed by atoms with Crippen LogP contribution in [0.1, 0.15) is 18.5 Å². The Bertz CT molecular complexity index is 518. The second-order valence-corrected chi connectivity index (χ2v) is 4.04. The van der Waals surface area contributed by atoms with Crippen molar-refractivity contribution in [2.24, 2.45) is 5.73 Å². The van der Waals surface area contributed by atoms with Gasteiger partial charge in [0, 0.05) is 6.04 Å². The molecule has 2 aromatic carbocycles. The Morgan fingerprint density at radius 2 is 1.47 bits per heavy atom. The van der Waals surface area contributed by atoms with E-state index in [0.717, 1.165) is 17.2 Å². The second-order valence-electron chi connectivity index (χ2n) is 4.04. The molecule has 0 heterocycles. The lowest BCUT2D eigenvalue weighted by Crippen LogP contribution is -2.04. The summed E-state index contributed by atoms with van der Waals surface area (Å²) < 4.78 is 25.9. The first-order chi connectivity index (χ1) is 8.08. The van der Waals surface area contributed by atoms with Crippen LogP contribution < -0.4 is 5.73 Å². The lowest BCUT2D eigenvalue weighted by molar-refractivity contribution is 0.509. The molecule has 1 atom stereocenters. The summed E-state index contributed by atoms with van der Waals surface area (Å²) in [5, 5.41) is 0. The van der Waals surface area contributed by atoms with Crippen LogP contribution in [0.2, 0.25) is 0 Å². The van der Waals surface area contributed by atoms with Crippen molar-refractivity contribution in [3.05, 3.63) is 59.7 Å². The highest BCUT2D eigenvalue weighted by Crippen LogP contribution is 2.23. The minimum atomic E-state index is -0.834. The quantitative estimate of drug-likeness (QED) is 0.841. The Morgan fingerprint density at radius 3 is 2.00 bits per heavy atom. The summed E-state index contributed by atoms with van der Waals surface area (Å²) in [6.07, 6.45) is 0. The topological polar surface area (TPSA) is 26.0 Å². The van der Waals surface area contributed by atoms with E-state index in [1.807, 2.05) is 31.2 Å². The molecule has 2 N–H and O–H groups in total. The summed E-state index contributed by atoms with van der Waals surface area (Å²) in [7, 11) is 0. The average Bonchev–Trinajstić information content (AvgIpc) is 2.33. The molecule has 2 rings (SSSR count).